The summed E-state index contributed by atoms with van der Waals surface area (Å²) < 4.78 is 5.80. The van der Waals surface area contributed by atoms with Gasteiger partial charge in [0, 0.05) is 38.0 Å². The molecule has 1 rings (SSSR count). The molecule has 1 aromatic carbocycles. The van der Waals surface area contributed by atoms with Crippen LogP contribution in [0, 0.1) is 6.92 Å². The van der Waals surface area contributed by atoms with E-state index in [1.54, 1.807) is 12.0 Å². The molecule has 0 spiro atoms. The van der Waals surface area contributed by atoms with Crippen molar-refractivity contribution in [3.05, 3.63) is 28.2 Å². The SMILES string of the molecule is COCCN(CCC(=O)Nc1ccc(C)cc1Br)C(C)=O. The van der Waals surface area contributed by atoms with Gasteiger partial charge in [-0.1, -0.05) is 6.07 Å². The molecular weight excluding hydrogens is 336 g/mol. The molecule has 0 heterocycles. The summed E-state index contributed by atoms with van der Waals surface area (Å²) in [5, 5.41) is 2.83. The van der Waals surface area contributed by atoms with Gasteiger partial charge in [-0.3, -0.25) is 9.59 Å². The highest BCUT2D eigenvalue weighted by Gasteiger charge is 2.11. The molecule has 1 N–H and O–H groups in total. The summed E-state index contributed by atoms with van der Waals surface area (Å²) in [4.78, 5) is 25.0. The fourth-order valence-electron chi connectivity index (χ4n) is 1.80. The van der Waals surface area contributed by atoms with Crippen LogP contribution in [0.25, 0.3) is 0 Å². The quantitative estimate of drug-likeness (QED) is 0.816. The Bertz CT molecular complexity index is 506. The van der Waals surface area contributed by atoms with Gasteiger partial charge in [0.1, 0.15) is 0 Å². The Labute approximate surface area is 133 Å². The summed E-state index contributed by atoms with van der Waals surface area (Å²) in [7, 11) is 1.58. The molecule has 116 valence electrons. The van der Waals surface area contributed by atoms with Crippen molar-refractivity contribution in [2.75, 3.05) is 32.1 Å². The maximum Gasteiger partial charge on any atom is 0.226 e. The van der Waals surface area contributed by atoms with E-state index in [9.17, 15) is 9.59 Å². The van der Waals surface area contributed by atoms with Gasteiger partial charge in [0.05, 0.1) is 12.3 Å². The molecule has 0 unspecified atom stereocenters. The van der Waals surface area contributed by atoms with Gasteiger partial charge in [0.25, 0.3) is 0 Å². The molecule has 0 radical (unpaired) electrons. The molecule has 0 atom stereocenters. The molecule has 21 heavy (non-hydrogen) atoms. The number of hydrogen-bond acceptors (Lipinski definition) is 3. The Hall–Kier alpha value is -1.40. The summed E-state index contributed by atoms with van der Waals surface area (Å²) in [5.41, 5.74) is 1.85. The van der Waals surface area contributed by atoms with E-state index >= 15 is 0 Å². The molecule has 0 fully saturated rings. The predicted molar refractivity (Wildman–Crippen MR) is 86.3 cm³/mol. The smallest absolute Gasteiger partial charge is 0.226 e. The van der Waals surface area contributed by atoms with Crippen molar-refractivity contribution >= 4 is 33.4 Å². The second kappa shape index (κ2) is 8.79. The minimum absolute atomic E-state index is 0.0589. The summed E-state index contributed by atoms with van der Waals surface area (Å²) in [5.74, 6) is -0.181. The molecular formula is C15H21BrN2O3. The van der Waals surface area contributed by atoms with Gasteiger partial charge in [-0.25, -0.2) is 0 Å². The van der Waals surface area contributed by atoms with E-state index in [1.165, 1.54) is 6.92 Å². The first-order valence-corrected chi connectivity index (χ1v) is 7.53. The van der Waals surface area contributed by atoms with Gasteiger partial charge >= 0.3 is 0 Å². The number of ether oxygens (including phenoxy) is 1. The van der Waals surface area contributed by atoms with Crippen LogP contribution in [-0.4, -0.2) is 43.5 Å². The van der Waals surface area contributed by atoms with Gasteiger partial charge in [0.15, 0.2) is 0 Å². The largest absolute Gasteiger partial charge is 0.383 e. The molecule has 0 saturated heterocycles. The number of carbonyl (C=O) groups excluding carboxylic acids is 2. The lowest BCUT2D eigenvalue weighted by atomic mass is 10.2. The van der Waals surface area contributed by atoms with E-state index in [4.69, 9.17) is 4.74 Å². The first-order chi connectivity index (χ1) is 9.93. The van der Waals surface area contributed by atoms with Crippen LogP contribution >= 0.6 is 15.9 Å². The van der Waals surface area contributed by atoms with Crippen LogP contribution in [0.5, 0.6) is 0 Å². The summed E-state index contributed by atoms with van der Waals surface area (Å²) in [6, 6.07) is 5.72. The zero-order valence-corrected chi connectivity index (χ0v) is 14.2. The number of nitrogens with zero attached hydrogens (tertiary/aromatic N) is 1. The number of carbonyl (C=O) groups is 2. The van der Waals surface area contributed by atoms with Crippen molar-refractivity contribution in [2.45, 2.75) is 20.3 Å². The van der Waals surface area contributed by atoms with Gasteiger partial charge in [0.2, 0.25) is 11.8 Å². The Morgan fingerprint density at radius 2 is 2.05 bits per heavy atom. The number of halogens is 1. The molecule has 6 heteroatoms. The number of hydrogen-bond donors (Lipinski definition) is 1. The van der Waals surface area contributed by atoms with Crippen LogP contribution in [0.4, 0.5) is 5.69 Å². The number of rotatable bonds is 7. The van der Waals surface area contributed by atoms with Crippen LogP contribution in [0.15, 0.2) is 22.7 Å². The van der Waals surface area contributed by atoms with Crippen molar-refractivity contribution in [1.82, 2.24) is 4.90 Å². The lowest BCUT2D eigenvalue weighted by molar-refractivity contribution is -0.130. The van der Waals surface area contributed by atoms with Gasteiger partial charge < -0.3 is 15.0 Å². The van der Waals surface area contributed by atoms with E-state index in [-0.39, 0.29) is 18.2 Å². The number of benzene rings is 1. The second-order valence-corrected chi connectivity index (χ2v) is 5.63. The third kappa shape index (κ3) is 6.27. The molecule has 0 bridgehead atoms. The maximum atomic E-state index is 11.9. The van der Waals surface area contributed by atoms with Crippen LogP contribution in [0.3, 0.4) is 0 Å². The van der Waals surface area contributed by atoms with E-state index < -0.39 is 0 Å². The Kier molecular flexibility index (Phi) is 7.39. The standard InChI is InChI=1S/C15H21BrN2O3/c1-11-4-5-14(13(16)10-11)17-15(20)6-7-18(12(2)19)8-9-21-3/h4-5,10H,6-9H2,1-3H3,(H,17,20). The minimum Gasteiger partial charge on any atom is -0.383 e. The monoisotopic (exact) mass is 356 g/mol. The number of aryl methyl sites for hydroxylation is 1. The number of amides is 2. The zero-order valence-electron chi connectivity index (χ0n) is 12.6. The lowest BCUT2D eigenvalue weighted by Crippen LogP contribution is -2.34. The lowest BCUT2D eigenvalue weighted by Gasteiger charge is -2.20. The van der Waals surface area contributed by atoms with Gasteiger partial charge in [-0.2, -0.15) is 0 Å². The Morgan fingerprint density at radius 1 is 1.33 bits per heavy atom. The molecule has 5 nitrogen and oxygen atoms in total. The Morgan fingerprint density at radius 3 is 2.62 bits per heavy atom. The highest BCUT2D eigenvalue weighted by atomic mass is 79.9. The third-order valence-electron chi connectivity index (χ3n) is 3.02. The number of methoxy groups -OCH3 is 1. The van der Waals surface area contributed by atoms with Crippen LogP contribution in [-0.2, 0) is 14.3 Å². The molecule has 0 aliphatic carbocycles. The average Bonchev–Trinajstić information content (AvgIpc) is 2.41. The second-order valence-electron chi connectivity index (χ2n) is 4.78. The molecule has 2 amide bonds. The van der Waals surface area contributed by atoms with E-state index in [0.29, 0.717) is 19.7 Å². The van der Waals surface area contributed by atoms with Crippen molar-refractivity contribution in [3.63, 3.8) is 0 Å². The van der Waals surface area contributed by atoms with E-state index in [2.05, 4.69) is 21.2 Å². The molecule has 1 aromatic rings. The summed E-state index contributed by atoms with van der Waals surface area (Å²) >= 11 is 3.42. The summed E-state index contributed by atoms with van der Waals surface area (Å²) in [6.07, 6.45) is 0.254. The number of nitrogens with one attached hydrogen (secondary N) is 1. The summed E-state index contributed by atoms with van der Waals surface area (Å²) in [6.45, 7) is 4.81. The first kappa shape index (κ1) is 17.7. The van der Waals surface area contributed by atoms with Crippen molar-refractivity contribution < 1.29 is 14.3 Å². The van der Waals surface area contributed by atoms with Crippen LogP contribution in [0.2, 0.25) is 0 Å². The fourth-order valence-corrected chi connectivity index (χ4v) is 2.39. The minimum atomic E-state index is -0.122. The van der Waals surface area contributed by atoms with E-state index in [1.807, 2.05) is 25.1 Å². The predicted octanol–water partition coefficient (Wildman–Crippen LogP) is 2.58. The fraction of sp³-hybridized carbons (Fsp3) is 0.467. The molecule has 0 aliphatic rings. The topological polar surface area (TPSA) is 58.6 Å². The first-order valence-electron chi connectivity index (χ1n) is 6.74. The van der Waals surface area contributed by atoms with E-state index in [0.717, 1.165) is 15.7 Å². The highest BCUT2D eigenvalue weighted by molar-refractivity contribution is 9.10. The highest BCUT2D eigenvalue weighted by Crippen LogP contribution is 2.23. The molecule has 0 aromatic heterocycles. The Balaban J connectivity index is 2.50. The van der Waals surface area contributed by atoms with Gasteiger partial charge in [-0.15, -0.1) is 0 Å². The van der Waals surface area contributed by atoms with Crippen molar-refractivity contribution in [1.29, 1.82) is 0 Å². The third-order valence-corrected chi connectivity index (χ3v) is 3.67. The van der Waals surface area contributed by atoms with Crippen LogP contribution < -0.4 is 5.32 Å². The zero-order chi connectivity index (χ0) is 15.8. The maximum absolute atomic E-state index is 11.9. The number of anilines is 1. The van der Waals surface area contributed by atoms with Crippen molar-refractivity contribution in [3.8, 4) is 0 Å². The molecule has 0 saturated carbocycles. The normalized spacial score (nSPS) is 10.3. The van der Waals surface area contributed by atoms with Gasteiger partial charge in [-0.05, 0) is 40.5 Å². The molecule has 0 aliphatic heterocycles. The van der Waals surface area contributed by atoms with Crippen LogP contribution in [0.1, 0.15) is 18.9 Å². The average molecular weight is 357 g/mol. The van der Waals surface area contributed by atoms with Crippen molar-refractivity contribution in [2.24, 2.45) is 0 Å².